The Hall–Kier alpha value is -2.17. The first-order valence-corrected chi connectivity index (χ1v) is 7.35. The Bertz CT molecular complexity index is 595. The molecule has 0 heterocycles. The first-order chi connectivity index (χ1) is 10.6. The molecule has 0 bridgehead atoms. The fourth-order valence-corrected chi connectivity index (χ4v) is 2.30. The summed E-state index contributed by atoms with van der Waals surface area (Å²) in [6.45, 7) is 3.27. The van der Waals surface area contributed by atoms with Crippen molar-refractivity contribution in [1.29, 1.82) is 0 Å². The van der Waals surface area contributed by atoms with Crippen LogP contribution >= 0.6 is 0 Å². The lowest BCUT2D eigenvalue weighted by molar-refractivity contribution is 0.0697. The minimum atomic E-state index is -0.914. The van der Waals surface area contributed by atoms with Crippen molar-refractivity contribution in [3.63, 3.8) is 0 Å². The molecule has 3 N–H and O–H groups in total. The highest BCUT2D eigenvalue weighted by Gasteiger charge is 2.10. The van der Waals surface area contributed by atoms with Crippen LogP contribution in [0.2, 0.25) is 0 Å². The van der Waals surface area contributed by atoms with Gasteiger partial charge >= 0.3 is 5.97 Å². The molecular formula is C18H21NO3. The van der Waals surface area contributed by atoms with E-state index in [1.54, 1.807) is 12.1 Å². The van der Waals surface area contributed by atoms with Crippen molar-refractivity contribution in [3.8, 4) is 0 Å². The number of carboxylic acids is 1. The van der Waals surface area contributed by atoms with Gasteiger partial charge in [-0.05, 0) is 29.2 Å². The van der Waals surface area contributed by atoms with Crippen LogP contribution in [0.15, 0.2) is 54.6 Å². The number of hydrogen-bond donors (Lipinski definition) is 3. The third-order valence-corrected chi connectivity index (χ3v) is 3.70. The normalized spacial score (nSPS) is 13.5. The van der Waals surface area contributed by atoms with Crippen LogP contribution in [0.1, 0.15) is 40.4 Å². The summed E-state index contributed by atoms with van der Waals surface area (Å²) in [5.74, 6) is -0.672. The molecule has 22 heavy (non-hydrogen) atoms. The minimum absolute atomic E-state index is 0.241. The maximum absolute atomic E-state index is 10.8. The van der Waals surface area contributed by atoms with Crippen molar-refractivity contribution < 1.29 is 15.0 Å². The van der Waals surface area contributed by atoms with E-state index in [1.165, 1.54) is 0 Å². The molecule has 0 radical (unpaired) electrons. The Morgan fingerprint density at radius 1 is 1.00 bits per heavy atom. The second-order valence-electron chi connectivity index (χ2n) is 5.41. The van der Waals surface area contributed by atoms with Gasteiger partial charge in [-0.25, -0.2) is 4.79 Å². The van der Waals surface area contributed by atoms with E-state index in [0.717, 1.165) is 17.7 Å². The lowest BCUT2D eigenvalue weighted by atomic mass is 9.99. The number of rotatable bonds is 7. The predicted octanol–water partition coefficient (Wildman–Crippen LogP) is 2.81. The summed E-state index contributed by atoms with van der Waals surface area (Å²) >= 11 is 0. The Kier molecular flexibility index (Phi) is 5.69. The summed E-state index contributed by atoms with van der Waals surface area (Å²) in [6, 6.07) is 16.5. The topological polar surface area (TPSA) is 69.6 Å². The van der Waals surface area contributed by atoms with Gasteiger partial charge in [-0.3, -0.25) is 0 Å². The maximum atomic E-state index is 10.8. The van der Waals surface area contributed by atoms with Gasteiger partial charge in [0.25, 0.3) is 0 Å². The van der Waals surface area contributed by atoms with Gasteiger partial charge in [-0.15, -0.1) is 0 Å². The zero-order chi connectivity index (χ0) is 15.9. The van der Waals surface area contributed by atoms with E-state index in [0.29, 0.717) is 12.1 Å². The highest BCUT2D eigenvalue weighted by atomic mass is 16.4. The second-order valence-corrected chi connectivity index (χ2v) is 5.41. The van der Waals surface area contributed by atoms with Gasteiger partial charge in [0.15, 0.2) is 0 Å². The first kappa shape index (κ1) is 16.2. The molecule has 0 saturated heterocycles. The van der Waals surface area contributed by atoms with E-state index in [2.05, 4.69) is 12.2 Å². The Morgan fingerprint density at radius 2 is 1.64 bits per heavy atom. The number of benzene rings is 2. The summed E-state index contributed by atoms with van der Waals surface area (Å²) in [5.41, 5.74) is 2.27. The van der Waals surface area contributed by atoms with Crippen molar-refractivity contribution in [2.75, 3.05) is 13.1 Å². The third kappa shape index (κ3) is 4.41. The van der Waals surface area contributed by atoms with Crippen LogP contribution in [0.25, 0.3) is 0 Å². The summed E-state index contributed by atoms with van der Waals surface area (Å²) in [5, 5.41) is 22.2. The van der Waals surface area contributed by atoms with Gasteiger partial charge in [0.05, 0.1) is 11.7 Å². The maximum Gasteiger partial charge on any atom is 0.335 e. The number of hydrogen-bond acceptors (Lipinski definition) is 3. The number of aromatic carboxylic acids is 1. The molecule has 0 spiro atoms. The van der Waals surface area contributed by atoms with Crippen LogP contribution in [0.5, 0.6) is 0 Å². The number of aliphatic hydroxyl groups is 1. The molecule has 0 aliphatic rings. The zero-order valence-electron chi connectivity index (χ0n) is 12.6. The molecule has 2 aromatic carbocycles. The second kappa shape index (κ2) is 7.73. The van der Waals surface area contributed by atoms with Gasteiger partial charge in [0.2, 0.25) is 0 Å². The fourth-order valence-electron chi connectivity index (χ4n) is 2.30. The van der Waals surface area contributed by atoms with Gasteiger partial charge in [-0.2, -0.15) is 0 Å². The molecule has 2 rings (SSSR count). The smallest absolute Gasteiger partial charge is 0.335 e. The lowest BCUT2D eigenvalue weighted by Gasteiger charge is -2.16. The van der Waals surface area contributed by atoms with Gasteiger partial charge in [-0.1, -0.05) is 49.4 Å². The van der Waals surface area contributed by atoms with Crippen LogP contribution in [0.4, 0.5) is 0 Å². The predicted molar refractivity (Wildman–Crippen MR) is 86.1 cm³/mol. The van der Waals surface area contributed by atoms with Crippen LogP contribution in [-0.4, -0.2) is 29.3 Å². The average molecular weight is 299 g/mol. The van der Waals surface area contributed by atoms with Crippen molar-refractivity contribution >= 4 is 5.97 Å². The van der Waals surface area contributed by atoms with Crippen LogP contribution in [0.3, 0.4) is 0 Å². The SMILES string of the molecule is CC(CNCC(O)c1ccccc1)c1ccc(C(=O)O)cc1. The molecule has 0 aliphatic heterocycles. The quantitative estimate of drug-likeness (QED) is 0.735. The number of nitrogens with one attached hydrogen (secondary N) is 1. The molecule has 0 saturated carbocycles. The van der Waals surface area contributed by atoms with E-state index >= 15 is 0 Å². The van der Waals surface area contributed by atoms with E-state index in [-0.39, 0.29) is 5.92 Å². The molecule has 0 aliphatic carbocycles. The third-order valence-electron chi connectivity index (χ3n) is 3.70. The molecule has 4 heteroatoms. The van der Waals surface area contributed by atoms with Crippen molar-refractivity contribution in [3.05, 3.63) is 71.3 Å². The molecule has 0 amide bonds. The number of aliphatic hydroxyl groups excluding tert-OH is 1. The highest BCUT2D eigenvalue weighted by Crippen LogP contribution is 2.16. The summed E-state index contributed by atoms with van der Waals surface area (Å²) in [6.07, 6.45) is -0.525. The summed E-state index contributed by atoms with van der Waals surface area (Å²) in [4.78, 5) is 10.8. The molecule has 4 nitrogen and oxygen atoms in total. The van der Waals surface area contributed by atoms with Gasteiger partial charge in [0.1, 0.15) is 0 Å². The fraction of sp³-hybridized carbons (Fsp3) is 0.278. The molecule has 2 atom stereocenters. The van der Waals surface area contributed by atoms with Crippen LogP contribution in [-0.2, 0) is 0 Å². The van der Waals surface area contributed by atoms with Crippen LogP contribution < -0.4 is 5.32 Å². The first-order valence-electron chi connectivity index (χ1n) is 7.35. The Balaban J connectivity index is 1.82. The largest absolute Gasteiger partial charge is 0.478 e. The number of carbonyl (C=O) groups is 1. The highest BCUT2D eigenvalue weighted by molar-refractivity contribution is 5.87. The zero-order valence-corrected chi connectivity index (χ0v) is 12.6. The van der Waals surface area contributed by atoms with Gasteiger partial charge < -0.3 is 15.5 Å². The average Bonchev–Trinajstić information content (AvgIpc) is 2.55. The minimum Gasteiger partial charge on any atom is -0.478 e. The molecular weight excluding hydrogens is 278 g/mol. The molecule has 2 aromatic rings. The van der Waals surface area contributed by atoms with Crippen molar-refractivity contribution in [2.24, 2.45) is 0 Å². The molecule has 2 unspecified atom stereocenters. The lowest BCUT2D eigenvalue weighted by Crippen LogP contribution is -2.25. The number of carboxylic acid groups (broad SMARTS) is 1. The Morgan fingerprint density at radius 3 is 2.23 bits per heavy atom. The molecule has 0 aromatic heterocycles. The molecule has 116 valence electrons. The Labute approximate surface area is 130 Å². The standard InChI is InChI=1S/C18H21NO3/c1-13(14-7-9-16(10-8-14)18(21)22)11-19-12-17(20)15-5-3-2-4-6-15/h2-10,13,17,19-20H,11-12H2,1H3,(H,21,22). The summed E-state index contributed by atoms with van der Waals surface area (Å²) < 4.78 is 0. The van der Waals surface area contributed by atoms with E-state index in [4.69, 9.17) is 5.11 Å². The van der Waals surface area contributed by atoms with Crippen molar-refractivity contribution in [1.82, 2.24) is 5.32 Å². The monoisotopic (exact) mass is 299 g/mol. The molecule has 0 fully saturated rings. The van der Waals surface area contributed by atoms with E-state index < -0.39 is 12.1 Å². The van der Waals surface area contributed by atoms with Gasteiger partial charge in [0, 0.05) is 13.1 Å². The van der Waals surface area contributed by atoms with Crippen LogP contribution in [0, 0.1) is 0 Å². The van der Waals surface area contributed by atoms with E-state index in [1.807, 2.05) is 42.5 Å². The van der Waals surface area contributed by atoms with Crippen molar-refractivity contribution in [2.45, 2.75) is 18.9 Å². The summed E-state index contributed by atoms with van der Waals surface area (Å²) in [7, 11) is 0. The van der Waals surface area contributed by atoms with E-state index in [9.17, 15) is 9.90 Å².